The third-order valence-corrected chi connectivity index (χ3v) is 0.972. The summed E-state index contributed by atoms with van der Waals surface area (Å²) in [6.07, 6.45) is 2.53. The van der Waals surface area contributed by atoms with Crippen LogP contribution in [-0.2, 0) is 19.4 Å². The third-order valence-electron chi connectivity index (χ3n) is 0.972. The Bertz CT molecular complexity index is 113. The Morgan fingerprint density at radius 2 is 1.69 bits per heavy atom. The Morgan fingerprint density at radius 1 is 1.08 bits per heavy atom. The molecule has 13 heavy (non-hydrogen) atoms. The molecule has 2 N–H and O–H groups in total. The van der Waals surface area contributed by atoms with Crippen LogP contribution in [0.3, 0.4) is 0 Å². The van der Waals surface area contributed by atoms with Crippen LogP contribution in [0.5, 0.6) is 0 Å². The van der Waals surface area contributed by atoms with Crippen molar-refractivity contribution in [3.8, 4) is 0 Å². The molecule has 0 aliphatic carbocycles. The molecule has 0 bridgehead atoms. The summed E-state index contributed by atoms with van der Waals surface area (Å²) in [6.45, 7) is 4.77. The van der Waals surface area contributed by atoms with Gasteiger partial charge in [-0.15, -0.1) is 6.58 Å². The first kappa shape index (κ1) is 12.5. The lowest BCUT2D eigenvalue weighted by molar-refractivity contribution is -0.202. The van der Waals surface area contributed by atoms with Gasteiger partial charge in [0.25, 0.3) is 0 Å². The fraction of sp³-hybridized carbons (Fsp3) is 0.714. The van der Waals surface area contributed by atoms with Crippen molar-refractivity contribution in [3.63, 3.8) is 0 Å². The van der Waals surface area contributed by atoms with Crippen LogP contribution in [0, 0.1) is 0 Å². The van der Waals surface area contributed by atoms with E-state index in [0.717, 1.165) is 6.42 Å². The molecular weight excluding hydrogens is 176 g/mol. The van der Waals surface area contributed by atoms with Gasteiger partial charge >= 0.3 is 0 Å². The first-order valence-electron chi connectivity index (χ1n) is 3.91. The molecule has 6 heteroatoms. The fourth-order valence-electron chi connectivity index (χ4n) is 0.451. The van der Waals surface area contributed by atoms with Gasteiger partial charge in [-0.1, -0.05) is 17.4 Å². The first-order valence-corrected chi connectivity index (χ1v) is 3.91. The van der Waals surface area contributed by atoms with Gasteiger partial charge in [-0.05, 0) is 6.42 Å². The normalized spacial score (nSPS) is 10.2. The second-order valence-corrected chi connectivity index (χ2v) is 1.99. The zero-order valence-corrected chi connectivity index (χ0v) is 7.75. The Hall–Kier alpha value is -0.500. The van der Waals surface area contributed by atoms with Crippen LogP contribution in [0.25, 0.3) is 0 Å². The second-order valence-electron chi connectivity index (χ2n) is 1.99. The summed E-state index contributed by atoms with van der Waals surface area (Å²) in [5.74, 6) is 0. The van der Waals surface area contributed by atoms with E-state index in [1.54, 1.807) is 6.08 Å². The molecular formula is C7H16N2O4. The standard InChI is InChI=1S/C7H16N2O4/c1-3-4-5-11-9-13-7-6-12-8-10-2/h3,8-9H,1,4-7H2,2H3. The van der Waals surface area contributed by atoms with E-state index >= 15 is 0 Å². The molecule has 0 heterocycles. The van der Waals surface area contributed by atoms with Crippen molar-refractivity contribution in [2.45, 2.75) is 6.42 Å². The number of hydrogen-bond acceptors (Lipinski definition) is 6. The Labute approximate surface area is 77.6 Å². The van der Waals surface area contributed by atoms with Crippen LogP contribution in [0.4, 0.5) is 0 Å². The van der Waals surface area contributed by atoms with Gasteiger partial charge in [0.15, 0.2) is 0 Å². The van der Waals surface area contributed by atoms with Crippen molar-refractivity contribution < 1.29 is 19.4 Å². The van der Waals surface area contributed by atoms with E-state index in [4.69, 9.17) is 14.5 Å². The second kappa shape index (κ2) is 11.5. The molecule has 0 rings (SSSR count). The van der Waals surface area contributed by atoms with Gasteiger partial charge in [-0.2, -0.15) is 0 Å². The van der Waals surface area contributed by atoms with Crippen molar-refractivity contribution in [3.05, 3.63) is 12.7 Å². The highest BCUT2D eigenvalue weighted by Crippen LogP contribution is 1.79. The lowest BCUT2D eigenvalue weighted by atomic mass is 10.5. The van der Waals surface area contributed by atoms with Gasteiger partial charge in [0.1, 0.15) is 0 Å². The molecule has 0 atom stereocenters. The highest BCUT2D eigenvalue weighted by molar-refractivity contribution is 4.63. The zero-order chi connectivity index (χ0) is 9.78. The van der Waals surface area contributed by atoms with Crippen LogP contribution < -0.4 is 11.3 Å². The summed E-state index contributed by atoms with van der Waals surface area (Å²) >= 11 is 0. The third kappa shape index (κ3) is 11.5. The van der Waals surface area contributed by atoms with Gasteiger partial charge in [-0.25, -0.2) is 0 Å². The number of hydrogen-bond donors (Lipinski definition) is 2. The molecule has 0 radical (unpaired) electrons. The minimum atomic E-state index is 0.352. The van der Waals surface area contributed by atoms with Crippen LogP contribution in [-0.4, -0.2) is 26.9 Å². The summed E-state index contributed by atoms with van der Waals surface area (Å²) in [5, 5.41) is 0. The Morgan fingerprint density at radius 3 is 2.31 bits per heavy atom. The van der Waals surface area contributed by atoms with Crippen molar-refractivity contribution in [1.29, 1.82) is 0 Å². The minimum Gasteiger partial charge on any atom is -0.280 e. The molecule has 0 spiro atoms. The van der Waals surface area contributed by atoms with Gasteiger partial charge in [-0.3, -0.25) is 19.4 Å². The lowest BCUT2D eigenvalue weighted by Gasteiger charge is -2.05. The van der Waals surface area contributed by atoms with Crippen molar-refractivity contribution >= 4 is 0 Å². The van der Waals surface area contributed by atoms with Crippen molar-refractivity contribution in [2.75, 3.05) is 26.9 Å². The largest absolute Gasteiger partial charge is 0.280 e. The molecule has 0 aromatic heterocycles. The fourth-order valence-corrected chi connectivity index (χ4v) is 0.451. The molecule has 78 valence electrons. The van der Waals surface area contributed by atoms with Crippen LogP contribution in [0.2, 0.25) is 0 Å². The summed E-state index contributed by atoms with van der Waals surface area (Å²) in [7, 11) is 1.46. The molecule has 0 saturated heterocycles. The Balaban J connectivity index is 2.79. The molecule has 0 aliphatic heterocycles. The first-order chi connectivity index (χ1) is 6.41. The van der Waals surface area contributed by atoms with Gasteiger partial charge in [0.05, 0.1) is 26.9 Å². The van der Waals surface area contributed by atoms with Crippen LogP contribution >= 0.6 is 0 Å². The van der Waals surface area contributed by atoms with Gasteiger partial charge < -0.3 is 0 Å². The van der Waals surface area contributed by atoms with E-state index in [9.17, 15) is 0 Å². The van der Waals surface area contributed by atoms with Crippen molar-refractivity contribution in [1.82, 2.24) is 11.3 Å². The van der Waals surface area contributed by atoms with E-state index in [-0.39, 0.29) is 0 Å². The van der Waals surface area contributed by atoms with Crippen molar-refractivity contribution in [2.24, 2.45) is 0 Å². The average molecular weight is 192 g/mol. The molecule has 0 fully saturated rings. The molecule has 0 saturated carbocycles. The number of rotatable bonds is 10. The SMILES string of the molecule is C=CCCONOCCONOC. The predicted octanol–water partition coefficient (Wildman–Crippen LogP) is 0.0979. The maximum absolute atomic E-state index is 4.83. The van der Waals surface area contributed by atoms with Crippen LogP contribution in [0.15, 0.2) is 12.7 Å². The van der Waals surface area contributed by atoms with Gasteiger partial charge in [0, 0.05) is 0 Å². The van der Waals surface area contributed by atoms with E-state index in [2.05, 4.69) is 22.7 Å². The molecule has 6 nitrogen and oxygen atoms in total. The lowest BCUT2D eigenvalue weighted by Crippen LogP contribution is -2.22. The monoisotopic (exact) mass is 192 g/mol. The van der Waals surface area contributed by atoms with E-state index in [1.807, 2.05) is 0 Å². The average Bonchev–Trinajstić information content (AvgIpc) is 2.16. The predicted molar refractivity (Wildman–Crippen MR) is 46.0 cm³/mol. The van der Waals surface area contributed by atoms with Gasteiger partial charge in [0.2, 0.25) is 0 Å². The Kier molecular flexibility index (Phi) is 11.1. The zero-order valence-electron chi connectivity index (χ0n) is 7.75. The minimum absolute atomic E-state index is 0.352. The smallest absolute Gasteiger partial charge is 0.0964 e. The molecule has 0 aromatic rings. The molecule has 0 aliphatic rings. The summed E-state index contributed by atoms with van der Waals surface area (Å²) in [4.78, 5) is 18.7. The molecule has 0 unspecified atom stereocenters. The van der Waals surface area contributed by atoms with E-state index in [0.29, 0.717) is 19.8 Å². The maximum atomic E-state index is 4.83. The number of nitrogens with one attached hydrogen (secondary N) is 2. The summed E-state index contributed by atoms with van der Waals surface area (Å²) < 4.78 is 0. The topological polar surface area (TPSA) is 61.0 Å². The highest BCUT2D eigenvalue weighted by atomic mass is 16.9. The highest BCUT2D eigenvalue weighted by Gasteiger charge is 1.88. The molecule has 0 amide bonds. The maximum Gasteiger partial charge on any atom is 0.0964 e. The molecule has 0 aromatic carbocycles. The summed E-state index contributed by atoms with van der Waals surface area (Å²) in [5.41, 5.74) is 4.50. The van der Waals surface area contributed by atoms with E-state index in [1.165, 1.54) is 7.11 Å². The quantitative estimate of drug-likeness (QED) is 0.291. The summed E-state index contributed by atoms with van der Waals surface area (Å²) in [6, 6.07) is 0. The van der Waals surface area contributed by atoms with Crippen LogP contribution in [0.1, 0.15) is 6.42 Å². The van der Waals surface area contributed by atoms with E-state index < -0.39 is 0 Å².